The number of morpholine rings is 1. The molecule has 0 aromatic heterocycles. The molecule has 26 heavy (non-hydrogen) atoms. The van der Waals surface area contributed by atoms with Crippen molar-refractivity contribution in [3.63, 3.8) is 0 Å². The van der Waals surface area contributed by atoms with E-state index in [1.165, 1.54) is 13.2 Å². The average Bonchev–Trinajstić information content (AvgIpc) is 2.57. The second-order valence-electron chi connectivity index (χ2n) is 6.36. The Morgan fingerprint density at radius 1 is 1.35 bits per heavy atom. The minimum atomic E-state index is -3.81. The summed E-state index contributed by atoms with van der Waals surface area (Å²) >= 11 is 0. The van der Waals surface area contributed by atoms with Crippen molar-refractivity contribution in [1.82, 2.24) is 9.62 Å². The summed E-state index contributed by atoms with van der Waals surface area (Å²) in [7, 11) is -2.53. The maximum atomic E-state index is 12.5. The van der Waals surface area contributed by atoms with Gasteiger partial charge in [0.1, 0.15) is 10.6 Å². The number of rotatable bonds is 8. The summed E-state index contributed by atoms with van der Waals surface area (Å²) in [4.78, 5) is 12.3. The second-order valence-corrected chi connectivity index (χ2v) is 8.10. The molecule has 0 amide bonds. The Morgan fingerprint density at radius 3 is 2.58 bits per heavy atom. The third-order valence-corrected chi connectivity index (χ3v) is 5.59. The predicted molar refractivity (Wildman–Crippen MR) is 95.9 cm³/mol. The number of sulfonamides is 1. The van der Waals surface area contributed by atoms with Crippen molar-refractivity contribution in [1.29, 1.82) is 0 Å². The van der Waals surface area contributed by atoms with Crippen LogP contribution in [0.5, 0.6) is 5.75 Å². The Kier molecular flexibility index (Phi) is 6.93. The molecule has 2 atom stereocenters. The highest BCUT2D eigenvalue weighted by Crippen LogP contribution is 2.28. The van der Waals surface area contributed by atoms with Gasteiger partial charge in [-0.2, -0.15) is 0 Å². The van der Waals surface area contributed by atoms with Crippen LogP contribution in [-0.2, 0) is 14.8 Å². The summed E-state index contributed by atoms with van der Waals surface area (Å²) in [5.41, 5.74) is -0.226. The number of ether oxygens (including phenoxy) is 2. The van der Waals surface area contributed by atoms with Gasteiger partial charge in [-0.3, -0.25) is 15.0 Å². The fourth-order valence-corrected chi connectivity index (χ4v) is 4.27. The van der Waals surface area contributed by atoms with E-state index in [1.54, 1.807) is 0 Å². The summed E-state index contributed by atoms with van der Waals surface area (Å²) in [6.45, 7) is 6.72. The smallest absolute Gasteiger partial charge is 0.273 e. The molecule has 2 rings (SSSR count). The number of benzene rings is 1. The fraction of sp³-hybridized carbons (Fsp3) is 0.625. The first-order chi connectivity index (χ1) is 12.2. The van der Waals surface area contributed by atoms with Crippen molar-refractivity contribution in [2.24, 2.45) is 0 Å². The van der Waals surface area contributed by atoms with Crippen LogP contribution in [0.15, 0.2) is 23.1 Å². The first kappa shape index (κ1) is 20.6. The number of nitro groups is 1. The SMILES string of the molecule is COc1cc([N+](=O)[O-])ccc1S(=O)(=O)NCCCN1CC(C)OC(C)C1. The monoisotopic (exact) mass is 387 g/mol. The van der Waals surface area contributed by atoms with E-state index < -0.39 is 14.9 Å². The molecule has 1 heterocycles. The molecule has 9 nitrogen and oxygen atoms in total. The number of nitro benzene ring substituents is 1. The van der Waals surface area contributed by atoms with Crippen molar-refractivity contribution >= 4 is 15.7 Å². The van der Waals surface area contributed by atoms with Gasteiger partial charge in [-0.05, 0) is 32.9 Å². The molecule has 0 spiro atoms. The van der Waals surface area contributed by atoms with Crippen LogP contribution in [0.1, 0.15) is 20.3 Å². The number of hydrogen-bond donors (Lipinski definition) is 1. The number of nitrogens with one attached hydrogen (secondary N) is 1. The van der Waals surface area contributed by atoms with Crippen LogP contribution in [-0.4, -0.2) is 63.7 Å². The Hall–Kier alpha value is -1.75. The molecule has 0 radical (unpaired) electrons. The second kappa shape index (κ2) is 8.76. The van der Waals surface area contributed by atoms with E-state index in [2.05, 4.69) is 9.62 Å². The van der Waals surface area contributed by atoms with Gasteiger partial charge in [0.25, 0.3) is 5.69 Å². The van der Waals surface area contributed by atoms with Gasteiger partial charge in [-0.15, -0.1) is 0 Å². The molecule has 0 saturated carbocycles. The van der Waals surface area contributed by atoms with Crippen molar-refractivity contribution in [2.45, 2.75) is 37.4 Å². The maximum absolute atomic E-state index is 12.5. The number of methoxy groups -OCH3 is 1. The van der Waals surface area contributed by atoms with Crippen LogP contribution >= 0.6 is 0 Å². The lowest BCUT2D eigenvalue weighted by Crippen LogP contribution is -2.46. The van der Waals surface area contributed by atoms with E-state index in [1.807, 2.05) is 13.8 Å². The molecule has 146 valence electrons. The van der Waals surface area contributed by atoms with Gasteiger partial charge in [0, 0.05) is 25.7 Å². The van der Waals surface area contributed by atoms with Crippen LogP contribution in [0, 0.1) is 10.1 Å². The highest BCUT2D eigenvalue weighted by molar-refractivity contribution is 7.89. The summed E-state index contributed by atoms with van der Waals surface area (Å²) < 4.78 is 38.1. The average molecular weight is 387 g/mol. The fourth-order valence-electron chi connectivity index (χ4n) is 3.05. The molecular formula is C16H25N3O6S. The number of nitrogens with zero attached hydrogens (tertiary/aromatic N) is 2. The van der Waals surface area contributed by atoms with E-state index in [9.17, 15) is 18.5 Å². The molecule has 1 N–H and O–H groups in total. The minimum Gasteiger partial charge on any atom is -0.495 e. The largest absolute Gasteiger partial charge is 0.495 e. The quantitative estimate of drug-likeness (QED) is 0.407. The Labute approximate surface area is 153 Å². The van der Waals surface area contributed by atoms with E-state index in [4.69, 9.17) is 9.47 Å². The van der Waals surface area contributed by atoms with Gasteiger partial charge in [0.15, 0.2) is 0 Å². The van der Waals surface area contributed by atoms with Crippen molar-refractivity contribution < 1.29 is 22.8 Å². The Morgan fingerprint density at radius 2 is 2.00 bits per heavy atom. The van der Waals surface area contributed by atoms with Crippen LogP contribution in [0.3, 0.4) is 0 Å². The summed E-state index contributed by atoms with van der Waals surface area (Å²) in [5, 5.41) is 10.8. The topological polar surface area (TPSA) is 111 Å². The highest BCUT2D eigenvalue weighted by Gasteiger charge is 2.23. The predicted octanol–water partition coefficient (Wildman–Crippen LogP) is 1.38. The van der Waals surface area contributed by atoms with Crippen LogP contribution < -0.4 is 9.46 Å². The van der Waals surface area contributed by atoms with E-state index in [0.29, 0.717) is 6.42 Å². The molecule has 0 aliphatic carbocycles. The normalized spacial score (nSPS) is 21.5. The molecule has 1 aromatic carbocycles. The third-order valence-electron chi connectivity index (χ3n) is 4.09. The van der Waals surface area contributed by atoms with Crippen molar-refractivity contribution in [3.05, 3.63) is 28.3 Å². The molecule has 1 aromatic rings. The first-order valence-corrected chi connectivity index (χ1v) is 9.91. The highest BCUT2D eigenvalue weighted by atomic mass is 32.2. The van der Waals surface area contributed by atoms with Gasteiger partial charge < -0.3 is 9.47 Å². The Bertz CT molecular complexity index is 730. The third kappa shape index (κ3) is 5.37. The van der Waals surface area contributed by atoms with Gasteiger partial charge in [0.05, 0.1) is 30.3 Å². The minimum absolute atomic E-state index is 0.0532. The van der Waals surface area contributed by atoms with Gasteiger partial charge in [-0.1, -0.05) is 0 Å². The van der Waals surface area contributed by atoms with E-state index in [-0.39, 0.29) is 35.1 Å². The van der Waals surface area contributed by atoms with Crippen LogP contribution in [0.4, 0.5) is 5.69 Å². The van der Waals surface area contributed by atoms with Gasteiger partial charge in [-0.25, -0.2) is 13.1 Å². The summed E-state index contributed by atoms with van der Waals surface area (Å²) in [6.07, 6.45) is 0.980. The lowest BCUT2D eigenvalue weighted by Gasteiger charge is -2.35. The van der Waals surface area contributed by atoms with Crippen molar-refractivity contribution in [3.8, 4) is 5.75 Å². The molecule has 2 unspecified atom stereocenters. The zero-order valence-corrected chi connectivity index (χ0v) is 16.0. The number of non-ortho nitro benzene ring substituents is 1. The summed E-state index contributed by atoms with van der Waals surface area (Å²) in [6, 6.07) is 3.43. The van der Waals surface area contributed by atoms with E-state index >= 15 is 0 Å². The zero-order chi connectivity index (χ0) is 19.3. The molecule has 10 heteroatoms. The molecule has 1 aliphatic rings. The van der Waals surface area contributed by atoms with Gasteiger partial charge >= 0.3 is 0 Å². The number of hydrogen-bond acceptors (Lipinski definition) is 7. The lowest BCUT2D eigenvalue weighted by atomic mass is 10.2. The zero-order valence-electron chi connectivity index (χ0n) is 15.2. The van der Waals surface area contributed by atoms with Crippen LogP contribution in [0.25, 0.3) is 0 Å². The standard InChI is InChI=1S/C16H25N3O6S/c1-12-10-18(11-13(2)25-12)8-4-7-17-26(22,23)16-6-5-14(19(20)21)9-15(16)24-3/h5-6,9,12-13,17H,4,7-8,10-11H2,1-3H3. The molecule has 1 aliphatic heterocycles. The van der Waals surface area contributed by atoms with E-state index in [0.717, 1.165) is 31.8 Å². The maximum Gasteiger partial charge on any atom is 0.273 e. The summed E-state index contributed by atoms with van der Waals surface area (Å²) in [5.74, 6) is -0.0532. The molecule has 1 fully saturated rings. The van der Waals surface area contributed by atoms with Gasteiger partial charge in [0.2, 0.25) is 10.0 Å². The van der Waals surface area contributed by atoms with Crippen LogP contribution in [0.2, 0.25) is 0 Å². The first-order valence-electron chi connectivity index (χ1n) is 8.43. The van der Waals surface area contributed by atoms with Crippen molar-refractivity contribution in [2.75, 3.05) is 33.3 Å². The lowest BCUT2D eigenvalue weighted by molar-refractivity contribution is -0.385. The molecule has 1 saturated heterocycles. The Balaban J connectivity index is 1.93. The molecule has 0 bridgehead atoms. The molecular weight excluding hydrogens is 362 g/mol.